The van der Waals surface area contributed by atoms with Crippen molar-refractivity contribution in [3.05, 3.63) is 30.5 Å². The number of phenols is 1. The third-order valence-corrected chi connectivity index (χ3v) is 2.19. The molecule has 22 heavy (non-hydrogen) atoms. The molecular formula is C15H19NO6. The minimum absolute atomic E-state index is 0.0653. The summed E-state index contributed by atoms with van der Waals surface area (Å²) in [6.07, 6.45) is 1.47. The molecule has 0 aliphatic carbocycles. The maximum Gasteiger partial charge on any atom is 0.411 e. The number of ether oxygens (including phenoxy) is 3. The van der Waals surface area contributed by atoms with Crippen molar-refractivity contribution in [2.45, 2.75) is 26.4 Å². The SMILES string of the molecule is COc1cc(OC(=O)/C=C\NC(=O)OC(C)(C)C)ccc1O. The number of methoxy groups -OCH3 is 1. The molecule has 0 saturated heterocycles. The Bertz CT molecular complexity index is 574. The van der Waals surface area contributed by atoms with Crippen LogP contribution >= 0.6 is 0 Å². The molecule has 0 bridgehead atoms. The van der Waals surface area contributed by atoms with Crippen molar-refractivity contribution in [1.29, 1.82) is 0 Å². The second kappa shape index (κ2) is 7.35. The van der Waals surface area contributed by atoms with E-state index < -0.39 is 17.7 Å². The summed E-state index contributed by atoms with van der Waals surface area (Å²) in [5, 5.41) is 11.7. The first kappa shape index (κ1) is 17.4. The molecule has 2 N–H and O–H groups in total. The molecule has 0 fully saturated rings. The minimum Gasteiger partial charge on any atom is -0.504 e. The summed E-state index contributed by atoms with van der Waals surface area (Å²) < 4.78 is 14.9. The Morgan fingerprint density at radius 3 is 2.55 bits per heavy atom. The predicted octanol–water partition coefficient (Wildman–Crippen LogP) is 2.34. The van der Waals surface area contributed by atoms with E-state index in [1.54, 1.807) is 20.8 Å². The Labute approximate surface area is 128 Å². The molecule has 1 aromatic carbocycles. The summed E-state index contributed by atoms with van der Waals surface area (Å²) in [7, 11) is 1.38. The number of hydrogen-bond donors (Lipinski definition) is 2. The van der Waals surface area contributed by atoms with Gasteiger partial charge in [-0.15, -0.1) is 0 Å². The van der Waals surface area contributed by atoms with E-state index in [0.717, 1.165) is 12.3 Å². The third kappa shape index (κ3) is 6.17. The van der Waals surface area contributed by atoms with Gasteiger partial charge in [0.15, 0.2) is 11.5 Å². The molecule has 0 saturated carbocycles. The van der Waals surface area contributed by atoms with Crippen LogP contribution in [0.3, 0.4) is 0 Å². The van der Waals surface area contributed by atoms with Crippen LogP contribution < -0.4 is 14.8 Å². The van der Waals surface area contributed by atoms with Gasteiger partial charge in [0.1, 0.15) is 11.4 Å². The van der Waals surface area contributed by atoms with Gasteiger partial charge < -0.3 is 19.3 Å². The van der Waals surface area contributed by atoms with E-state index in [1.165, 1.54) is 25.3 Å². The largest absolute Gasteiger partial charge is 0.504 e. The highest BCUT2D eigenvalue weighted by Gasteiger charge is 2.15. The van der Waals surface area contributed by atoms with Gasteiger partial charge in [0.05, 0.1) is 7.11 Å². The van der Waals surface area contributed by atoms with E-state index >= 15 is 0 Å². The number of aromatic hydroxyl groups is 1. The van der Waals surface area contributed by atoms with E-state index in [0.29, 0.717) is 0 Å². The van der Waals surface area contributed by atoms with E-state index in [1.807, 2.05) is 0 Å². The first-order valence-electron chi connectivity index (χ1n) is 6.46. The van der Waals surface area contributed by atoms with Gasteiger partial charge in [0.25, 0.3) is 0 Å². The zero-order valence-electron chi connectivity index (χ0n) is 12.9. The molecule has 0 radical (unpaired) electrons. The van der Waals surface area contributed by atoms with Crippen molar-refractivity contribution in [1.82, 2.24) is 5.32 Å². The van der Waals surface area contributed by atoms with Crippen molar-refractivity contribution >= 4 is 12.1 Å². The van der Waals surface area contributed by atoms with Gasteiger partial charge in [-0.25, -0.2) is 9.59 Å². The topological polar surface area (TPSA) is 94.1 Å². The lowest BCUT2D eigenvalue weighted by molar-refractivity contribution is -0.129. The lowest BCUT2D eigenvalue weighted by Crippen LogP contribution is -2.29. The molecule has 0 aliphatic heterocycles. The molecule has 1 amide bonds. The predicted molar refractivity (Wildman–Crippen MR) is 78.8 cm³/mol. The lowest BCUT2D eigenvalue weighted by Gasteiger charge is -2.18. The van der Waals surface area contributed by atoms with Gasteiger partial charge in [-0.2, -0.15) is 0 Å². The van der Waals surface area contributed by atoms with Gasteiger partial charge >= 0.3 is 12.1 Å². The zero-order chi connectivity index (χ0) is 16.8. The number of nitrogens with one attached hydrogen (secondary N) is 1. The normalized spacial score (nSPS) is 11.1. The van der Waals surface area contributed by atoms with Crippen molar-refractivity contribution in [3.8, 4) is 17.2 Å². The smallest absolute Gasteiger partial charge is 0.411 e. The highest BCUT2D eigenvalue weighted by atomic mass is 16.6. The highest BCUT2D eigenvalue weighted by molar-refractivity contribution is 5.84. The van der Waals surface area contributed by atoms with Crippen LogP contribution in [0.4, 0.5) is 4.79 Å². The fourth-order valence-electron chi connectivity index (χ4n) is 1.36. The lowest BCUT2D eigenvalue weighted by atomic mass is 10.2. The Morgan fingerprint density at radius 1 is 1.27 bits per heavy atom. The number of carbonyl (C=O) groups excluding carboxylic acids is 2. The minimum atomic E-state index is -0.705. The number of esters is 1. The summed E-state index contributed by atoms with van der Waals surface area (Å²) in [6.45, 7) is 5.17. The molecule has 7 heteroatoms. The number of amides is 1. The molecule has 0 aliphatic rings. The monoisotopic (exact) mass is 309 g/mol. The molecule has 0 heterocycles. The molecule has 1 aromatic rings. The Hall–Kier alpha value is -2.70. The number of alkyl carbamates (subject to hydrolysis) is 1. The van der Waals surface area contributed by atoms with Crippen LogP contribution in [0.5, 0.6) is 17.2 Å². The van der Waals surface area contributed by atoms with Crippen LogP contribution in [-0.2, 0) is 9.53 Å². The molecular weight excluding hydrogens is 290 g/mol. The molecule has 1 rings (SSSR count). The zero-order valence-corrected chi connectivity index (χ0v) is 12.9. The Kier molecular flexibility index (Phi) is 5.80. The van der Waals surface area contributed by atoms with Crippen LogP contribution in [-0.4, -0.2) is 29.9 Å². The third-order valence-electron chi connectivity index (χ3n) is 2.19. The molecule has 0 atom stereocenters. The van der Waals surface area contributed by atoms with Gasteiger partial charge in [-0.1, -0.05) is 0 Å². The Balaban J connectivity index is 2.52. The standard InChI is InChI=1S/C15H19NO6/c1-15(2,3)22-14(19)16-8-7-13(18)21-10-5-6-11(17)12(9-10)20-4/h5-9,17H,1-4H3,(H,16,19)/b8-7-. The maximum absolute atomic E-state index is 11.6. The first-order chi connectivity index (χ1) is 10.2. The summed E-state index contributed by atoms with van der Waals surface area (Å²) in [4.78, 5) is 22.9. The van der Waals surface area contributed by atoms with Crippen molar-refractivity contribution < 1.29 is 28.9 Å². The van der Waals surface area contributed by atoms with Crippen molar-refractivity contribution in [3.63, 3.8) is 0 Å². The van der Waals surface area contributed by atoms with Gasteiger partial charge in [-0.3, -0.25) is 5.32 Å². The number of carbonyl (C=O) groups is 2. The number of benzene rings is 1. The number of phenolic OH excluding ortho intramolecular Hbond substituents is 1. The van der Waals surface area contributed by atoms with Gasteiger partial charge in [0.2, 0.25) is 0 Å². The average Bonchev–Trinajstić information content (AvgIpc) is 2.38. The van der Waals surface area contributed by atoms with E-state index in [4.69, 9.17) is 14.2 Å². The van der Waals surface area contributed by atoms with Gasteiger partial charge in [-0.05, 0) is 32.9 Å². The number of rotatable bonds is 4. The molecule has 7 nitrogen and oxygen atoms in total. The summed E-state index contributed by atoms with van der Waals surface area (Å²) >= 11 is 0. The van der Waals surface area contributed by atoms with E-state index in [-0.39, 0.29) is 17.2 Å². The summed E-state index contributed by atoms with van der Waals surface area (Å²) in [5.41, 5.74) is -0.624. The second-order valence-electron chi connectivity index (χ2n) is 5.23. The van der Waals surface area contributed by atoms with Gasteiger partial charge in [0, 0.05) is 18.3 Å². The molecule has 0 spiro atoms. The molecule has 120 valence electrons. The summed E-state index contributed by atoms with van der Waals surface area (Å²) in [5.74, 6) is -0.393. The molecule has 0 unspecified atom stereocenters. The van der Waals surface area contributed by atoms with Crippen molar-refractivity contribution in [2.75, 3.05) is 7.11 Å². The van der Waals surface area contributed by atoms with Crippen LogP contribution in [0.15, 0.2) is 30.5 Å². The second-order valence-corrected chi connectivity index (χ2v) is 5.23. The fourth-order valence-corrected chi connectivity index (χ4v) is 1.36. The quantitative estimate of drug-likeness (QED) is 0.504. The number of hydrogen-bond acceptors (Lipinski definition) is 6. The van der Waals surface area contributed by atoms with Crippen molar-refractivity contribution in [2.24, 2.45) is 0 Å². The Morgan fingerprint density at radius 2 is 1.95 bits per heavy atom. The van der Waals surface area contributed by atoms with Crippen LogP contribution in [0, 0.1) is 0 Å². The van der Waals surface area contributed by atoms with Crippen LogP contribution in [0.2, 0.25) is 0 Å². The average molecular weight is 309 g/mol. The van der Waals surface area contributed by atoms with E-state index in [9.17, 15) is 14.7 Å². The van der Waals surface area contributed by atoms with Crippen LogP contribution in [0.1, 0.15) is 20.8 Å². The fraction of sp³-hybridized carbons (Fsp3) is 0.333. The summed E-state index contributed by atoms with van der Waals surface area (Å²) in [6, 6.07) is 4.11. The maximum atomic E-state index is 11.6. The highest BCUT2D eigenvalue weighted by Crippen LogP contribution is 2.29. The van der Waals surface area contributed by atoms with Crippen LogP contribution in [0.25, 0.3) is 0 Å². The first-order valence-corrected chi connectivity index (χ1v) is 6.46. The molecule has 0 aromatic heterocycles. The van der Waals surface area contributed by atoms with E-state index in [2.05, 4.69) is 5.32 Å².